The normalized spacial score (nSPS) is 11.7. The molecule has 3 aromatic rings. The number of ketones is 1. The number of fused-ring (bicyclic) bond motifs is 3. The molecule has 0 amide bonds. The van der Waals surface area contributed by atoms with Gasteiger partial charge < -0.3 is 4.57 Å². The molecule has 0 bridgehead atoms. The molecule has 0 saturated carbocycles. The Labute approximate surface area is 125 Å². The predicted molar refractivity (Wildman–Crippen MR) is 81.3 cm³/mol. The van der Waals surface area contributed by atoms with E-state index in [1.807, 2.05) is 25.5 Å². The predicted octanol–water partition coefficient (Wildman–Crippen LogP) is -0.108. The summed E-state index contributed by atoms with van der Waals surface area (Å²) in [5, 5.41) is 0. The molecule has 3 heterocycles. The molecular weight excluding hydrogens is 286 g/mol. The van der Waals surface area contributed by atoms with Crippen LogP contribution in [0, 0.1) is 13.8 Å². The molecule has 0 unspecified atom stereocenters. The Morgan fingerprint density at radius 2 is 1.73 bits per heavy atom. The molecule has 3 rings (SSSR count). The lowest BCUT2D eigenvalue weighted by Gasteiger charge is -2.06. The zero-order valence-corrected chi connectivity index (χ0v) is 13.2. The zero-order chi connectivity index (χ0) is 16.3. The highest BCUT2D eigenvalue weighted by atomic mass is 16.2. The van der Waals surface area contributed by atoms with E-state index in [0.717, 1.165) is 16.0 Å². The van der Waals surface area contributed by atoms with Gasteiger partial charge >= 0.3 is 5.69 Å². The Morgan fingerprint density at radius 3 is 2.32 bits per heavy atom. The smallest absolute Gasteiger partial charge is 0.317 e. The molecule has 0 aliphatic rings. The molecule has 0 spiro atoms. The van der Waals surface area contributed by atoms with Crippen LogP contribution in [0.3, 0.4) is 0 Å². The minimum absolute atomic E-state index is 0.237. The maximum absolute atomic E-state index is 12.7. The highest BCUT2D eigenvalue weighted by Gasteiger charge is 2.21. The first-order valence-electron chi connectivity index (χ1n) is 6.89. The molecule has 0 N–H and O–H groups in total. The fourth-order valence-electron chi connectivity index (χ4n) is 2.77. The van der Waals surface area contributed by atoms with Gasteiger partial charge in [-0.2, -0.15) is 4.98 Å². The summed E-state index contributed by atoms with van der Waals surface area (Å²) in [5.74, 6) is 0.345. The molecule has 0 aliphatic carbocycles. The number of hydrogen-bond donors (Lipinski definition) is 0. The van der Waals surface area contributed by atoms with E-state index in [0.29, 0.717) is 16.9 Å². The second kappa shape index (κ2) is 4.43. The van der Waals surface area contributed by atoms with Crippen LogP contribution < -0.4 is 11.2 Å². The van der Waals surface area contributed by atoms with Crippen molar-refractivity contribution < 1.29 is 4.79 Å². The summed E-state index contributed by atoms with van der Waals surface area (Å²) in [6, 6.07) is 0. The summed E-state index contributed by atoms with van der Waals surface area (Å²) < 4.78 is 5.87. The standard InChI is InChI=1S/C14H17N5O3/c1-7(20)6-18-12(21)10-11(17(5)14(18)22)15-13-16(4)8(2)9(3)19(10)13/h6H2,1-5H3. The van der Waals surface area contributed by atoms with Crippen molar-refractivity contribution in [3.63, 3.8) is 0 Å². The van der Waals surface area contributed by atoms with Gasteiger partial charge in [0.2, 0.25) is 5.78 Å². The molecule has 3 aromatic heterocycles. The summed E-state index contributed by atoms with van der Waals surface area (Å²) in [6.07, 6.45) is 0. The zero-order valence-electron chi connectivity index (χ0n) is 13.2. The second-order valence-corrected chi connectivity index (χ2v) is 5.58. The van der Waals surface area contributed by atoms with Crippen molar-refractivity contribution in [3.05, 3.63) is 32.2 Å². The summed E-state index contributed by atoms with van der Waals surface area (Å²) >= 11 is 0. The lowest BCUT2D eigenvalue weighted by Crippen LogP contribution is -2.40. The summed E-state index contributed by atoms with van der Waals surface area (Å²) in [7, 11) is 3.41. The summed E-state index contributed by atoms with van der Waals surface area (Å²) in [5.41, 5.74) is 1.48. The van der Waals surface area contributed by atoms with Gasteiger partial charge in [0, 0.05) is 25.5 Å². The minimum atomic E-state index is -0.537. The van der Waals surface area contributed by atoms with Crippen molar-refractivity contribution in [2.45, 2.75) is 27.3 Å². The van der Waals surface area contributed by atoms with E-state index in [9.17, 15) is 14.4 Å². The number of aryl methyl sites for hydroxylation is 3. The molecule has 0 atom stereocenters. The van der Waals surface area contributed by atoms with Gasteiger partial charge in [0.25, 0.3) is 5.56 Å². The van der Waals surface area contributed by atoms with Crippen LogP contribution in [0.4, 0.5) is 0 Å². The molecule has 0 aliphatic heterocycles. The molecule has 0 saturated heterocycles. The van der Waals surface area contributed by atoms with E-state index in [4.69, 9.17) is 0 Å². The van der Waals surface area contributed by atoms with E-state index in [-0.39, 0.29) is 12.3 Å². The van der Waals surface area contributed by atoms with E-state index >= 15 is 0 Å². The van der Waals surface area contributed by atoms with Crippen molar-refractivity contribution >= 4 is 22.7 Å². The van der Waals surface area contributed by atoms with Gasteiger partial charge in [-0.1, -0.05) is 0 Å². The molecule has 0 aromatic carbocycles. The Bertz CT molecular complexity index is 1060. The molecule has 0 radical (unpaired) electrons. The highest BCUT2D eigenvalue weighted by Crippen LogP contribution is 2.18. The Kier molecular flexibility index (Phi) is 2.88. The van der Waals surface area contributed by atoms with Crippen LogP contribution in [0.15, 0.2) is 9.59 Å². The van der Waals surface area contributed by atoms with Gasteiger partial charge in [-0.3, -0.25) is 23.1 Å². The lowest BCUT2D eigenvalue weighted by molar-refractivity contribution is -0.117. The van der Waals surface area contributed by atoms with E-state index < -0.39 is 11.2 Å². The van der Waals surface area contributed by atoms with Crippen LogP contribution in [-0.2, 0) is 25.4 Å². The first kappa shape index (κ1) is 14.3. The van der Waals surface area contributed by atoms with Crippen molar-refractivity contribution in [3.8, 4) is 0 Å². The number of carbonyl (C=O) groups is 1. The van der Waals surface area contributed by atoms with E-state index in [1.54, 1.807) is 11.4 Å². The molecular formula is C14H17N5O3. The number of nitrogens with zero attached hydrogens (tertiary/aromatic N) is 5. The maximum Gasteiger partial charge on any atom is 0.332 e. The van der Waals surface area contributed by atoms with Gasteiger partial charge in [-0.15, -0.1) is 0 Å². The second-order valence-electron chi connectivity index (χ2n) is 5.58. The summed E-state index contributed by atoms with van der Waals surface area (Å²) in [6.45, 7) is 4.94. The number of aromatic nitrogens is 5. The monoisotopic (exact) mass is 303 g/mol. The van der Waals surface area contributed by atoms with Crippen LogP contribution in [0.25, 0.3) is 16.9 Å². The van der Waals surface area contributed by atoms with Crippen LogP contribution in [-0.4, -0.2) is 28.9 Å². The van der Waals surface area contributed by atoms with E-state index in [1.165, 1.54) is 11.5 Å². The Morgan fingerprint density at radius 1 is 1.09 bits per heavy atom. The number of rotatable bonds is 2. The molecule has 116 valence electrons. The first-order chi connectivity index (χ1) is 10.3. The van der Waals surface area contributed by atoms with Crippen LogP contribution in [0.2, 0.25) is 0 Å². The minimum Gasteiger partial charge on any atom is -0.317 e. The number of Topliss-reactive ketones (excluding diaryl/α,β-unsaturated/α-hetero) is 1. The third-order valence-corrected chi connectivity index (χ3v) is 4.17. The summed E-state index contributed by atoms with van der Waals surface area (Å²) in [4.78, 5) is 40.8. The average Bonchev–Trinajstić information content (AvgIpc) is 2.95. The van der Waals surface area contributed by atoms with Crippen LogP contribution in [0.1, 0.15) is 18.3 Å². The fraction of sp³-hybridized carbons (Fsp3) is 0.429. The third kappa shape index (κ3) is 1.63. The lowest BCUT2D eigenvalue weighted by atomic mass is 10.3. The Hall–Kier alpha value is -2.64. The quantitative estimate of drug-likeness (QED) is 0.661. The molecule has 8 heteroatoms. The van der Waals surface area contributed by atoms with Crippen LogP contribution in [0.5, 0.6) is 0 Å². The van der Waals surface area contributed by atoms with Gasteiger partial charge in [-0.05, 0) is 20.8 Å². The number of hydrogen-bond acceptors (Lipinski definition) is 4. The van der Waals surface area contributed by atoms with Gasteiger partial charge in [0.1, 0.15) is 5.78 Å². The first-order valence-corrected chi connectivity index (χ1v) is 6.89. The number of imidazole rings is 2. The molecule has 0 fully saturated rings. The van der Waals surface area contributed by atoms with Gasteiger partial charge in [-0.25, -0.2) is 4.79 Å². The van der Waals surface area contributed by atoms with Gasteiger partial charge in [0.15, 0.2) is 11.2 Å². The third-order valence-electron chi connectivity index (χ3n) is 4.17. The average molecular weight is 303 g/mol. The molecule has 22 heavy (non-hydrogen) atoms. The van der Waals surface area contributed by atoms with Crippen LogP contribution >= 0.6 is 0 Å². The SMILES string of the molecule is CC(=O)Cn1c(=O)c2c(nc3n(C)c(C)c(C)n23)n(C)c1=O. The maximum atomic E-state index is 12.7. The van der Waals surface area contributed by atoms with Crippen molar-refractivity contribution in [1.82, 2.24) is 23.1 Å². The van der Waals surface area contributed by atoms with E-state index in [2.05, 4.69) is 4.98 Å². The largest absolute Gasteiger partial charge is 0.332 e. The highest BCUT2D eigenvalue weighted by molar-refractivity contribution is 5.78. The van der Waals surface area contributed by atoms with Gasteiger partial charge in [0.05, 0.1) is 6.54 Å². The van der Waals surface area contributed by atoms with Crippen molar-refractivity contribution in [2.75, 3.05) is 0 Å². The number of carbonyl (C=O) groups excluding carboxylic acids is 1. The molecule has 8 nitrogen and oxygen atoms in total. The van der Waals surface area contributed by atoms with Crippen molar-refractivity contribution in [1.29, 1.82) is 0 Å². The topological polar surface area (TPSA) is 83.3 Å². The fourth-order valence-corrected chi connectivity index (χ4v) is 2.77. The Balaban J connectivity index is 2.61. The van der Waals surface area contributed by atoms with Crippen molar-refractivity contribution in [2.24, 2.45) is 14.1 Å².